The largest absolute Gasteiger partial charge is 0.454 e. The minimum Gasteiger partial charge on any atom is -0.454 e. The summed E-state index contributed by atoms with van der Waals surface area (Å²) < 4.78 is 36.6. The molecular formula is C23H24F2N4O2S. The molecule has 0 unspecified atom stereocenters. The van der Waals surface area contributed by atoms with Gasteiger partial charge in [0.05, 0.1) is 0 Å². The summed E-state index contributed by atoms with van der Waals surface area (Å²) in [5.41, 5.74) is 2.09. The van der Waals surface area contributed by atoms with Crippen LogP contribution in [0.3, 0.4) is 0 Å². The highest BCUT2D eigenvalue weighted by molar-refractivity contribution is 8.00. The number of ether oxygens (including phenoxy) is 1. The number of halogens is 2. The Balaban J connectivity index is 2.15. The summed E-state index contributed by atoms with van der Waals surface area (Å²) in [5, 5.41) is 11.4. The summed E-state index contributed by atoms with van der Waals surface area (Å²) >= 11 is 1.50. The summed E-state index contributed by atoms with van der Waals surface area (Å²) in [6.07, 6.45) is 3.23. The SMILES string of the molecule is CCN/C=C1\C(=N)C(=O)N(C)C=C1c1cc(NSCC)ccc1Oc1ccc(F)cc1F. The zero-order valence-corrected chi connectivity index (χ0v) is 18.8. The molecule has 3 rings (SSSR count). The fourth-order valence-electron chi connectivity index (χ4n) is 3.04. The summed E-state index contributed by atoms with van der Waals surface area (Å²) in [4.78, 5) is 13.7. The average Bonchev–Trinajstić information content (AvgIpc) is 2.77. The first-order chi connectivity index (χ1) is 15.3. The Morgan fingerprint density at radius 3 is 2.59 bits per heavy atom. The summed E-state index contributed by atoms with van der Waals surface area (Å²) in [6, 6.07) is 8.34. The van der Waals surface area contributed by atoms with Crippen molar-refractivity contribution in [3.63, 3.8) is 0 Å². The third-order valence-corrected chi connectivity index (χ3v) is 5.25. The number of allylic oxidation sites excluding steroid dienone is 1. The van der Waals surface area contributed by atoms with Crippen molar-refractivity contribution in [2.24, 2.45) is 0 Å². The molecular weight excluding hydrogens is 434 g/mol. The maximum atomic E-state index is 14.3. The lowest BCUT2D eigenvalue weighted by atomic mass is 9.91. The van der Waals surface area contributed by atoms with E-state index in [1.807, 2.05) is 19.9 Å². The van der Waals surface area contributed by atoms with E-state index in [4.69, 9.17) is 10.1 Å². The molecule has 6 nitrogen and oxygen atoms in total. The summed E-state index contributed by atoms with van der Waals surface area (Å²) in [7, 11) is 1.57. The fraction of sp³-hybridized carbons (Fsp3) is 0.217. The van der Waals surface area contributed by atoms with E-state index in [-0.39, 0.29) is 11.5 Å². The van der Waals surface area contributed by atoms with E-state index in [0.717, 1.165) is 23.6 Å². The molecule has 1 aliphatic rings. The molecule has 3 N–H and O–H groups in total. The van der Waals surface area contributed by atoms with E-state index in [9.17, 15) is 13.6 Å². The molecule has 0 bridgehead atoms. The van der Waals surface area contributed by atoms with Crippen LogP contribution in [-0.4, -0.2) is 35.9 Å². The van der Waals surface area contributed by atoms with E-state index in [0.29, 0.717) is 29.0 Å². The normalized spacial score (nSPS) is 15.1. The summed E-state index contributed by atoms with van der Waals surface area (Å²) in [6.45, 7) is 4.52. The van der Waals surface area contributed by atoms with Crippen LogP contribution in [0, 0.1) is 17.0 Å². The smallest absolute Gasteiger partial charge is 0.276 e. The molecule has 168 valence electrons. The first-order valence-electron chi connectivity index (χ1n) is 10.0. The van der Waals surface area contributed by atoms with Gasteiger partial charge in [-0.25, -0.2) is 8.78 Å². The Labute approximate surface area is 190 Å². The van der Waals surface area contributed by atoms with E-state index in [1.165, 1.54) is 22.9 Å². The van der Waals surface area contributed by atoms with Gasteiger partial charge in [0.1, 0.15) is 17.3 Å². The van der Waals surface area contributed by atoms with Crippen LogP contribution < -0.4 is 14.8 Å². The van der Waals surface area contributed by atoms with Crippen LogP contribution in [0.15, 0.2) is 54.4 Å². The minimum absolute atomic E-state index is 0.135. The summed E-state index contributed by atoms with van der Waals surface area (Å²) in [5.74, 6) is -0.979. The second kappa shape index (κ2) is 10.3. The molecule has 0 spiro atoms. The van der Waals surface area contributed by atoms with Gasteiger partial charge in [-0.2, -0.15) is 0 Å². The van der Waals surface area contributed by atoms with Gasteiger partial charge in [0.25, 0.3) is 5.91 Å². The second-order valence-electron chi connectivity index (χ2n) is 6.87. The Morgan fingerprint density at radius 2 is 1.91 bits per heavy atom. The minimum atomic E-state index is -0.833. The third kappa shape index (κ3) is 5.11. The highest BCUT2D eigenvalue weighted by Crippen LogP contribution is 2.39. The fourth-order valence-corrected chi connectivity index (χ4v) is 3.48. The molecule has 9 heteroatoms. The number of carbonyl (C=O) groups excluding carboxylic acids is 1. The van der Waals surface area contributed by atoms with Crippen molar-refractivity contribution in [1.82, 2.24) is 10.2 Å². The number of nitrogens with zero attached hydrogens (tertiary/aromatic N) is 1. The van der Waals surface area contributed by atoms with Gasteiger partial charge < -0.3 is 19.7 Å². The van der Waals surface area contributed by atoms with Gasteiger partial charge in [-0.15, -0.1) is 0 Å². The molecule has 2 aromatic carbocycles. The highest BCUT2D eigenvalue weighted by Gasteiger charge is 2.29. The number of hydrogen-bond donors (Lipinski definition) is 3. The van der Waals surface area contributed by atoms with E-state index in [2.05, 4.69) is 10.0 Å². The van der Waals surface area contributed by atoms with Crippen molar-refractivity contribution in [2.75, 3.05) is 24.1 Å². The molecule has 0 saturated carbocycles. The topological polar surface area (TPSA) is 77.5 Å². The number of amides is 1. The quantitative estimate of drug-likeness (QED) is 0.476. The number of nitrogens with one attached hydrogen (secondary N) is 3. The predicted octanol–water partition coefficient (Wildman–Crippen LogP) is 5.16. The molecule has 2 aromatic rings. The molecule has 0 aromatic heterocycles. The van der Waals surface area contributed by atoms with Gasteiger partial charge in [-0.1, -0.05) is 18.9 Å². The van der Waals surface area contributed by atoms with Gasteiger partial charge in [0.15, 0.2) is 11.6 Å². The van der Waals surface area contributed by atoms with Gasteiger partial charge in [0, 0.05) is 60.2 Å². The van der Waals surface area contributed by atoms with Crippen LogP contribution in [0.4, 0.5) is 14.5 Å². The van der Waals surface area contributed by atoms with Crippen molar-refractivity contribution in [3.05, 3.63) is 71.6 Å². The number of anilines is 1. The maximum absolute atomic E-state index is 14.3. The van der Waals surface area contributed by atoms with E-state index < -0.39 is 17.5 Å². The average molecular weight is 459 g/mol. The molecule has 1 amide bonds. The number of carbonyl (C=O) groups is 1. The standard InChI is InChI=1S/C23H24F2N4O2S/c1-4-27-12-17-18(13-29(3)23(30)22(17)26)16-11-15(28-32-5-2)7-9-20(16)31-21-8-6-14(24)10-19(21)25/h6-13,26-28H,4-5H2,1-3H3/b17-12-,26-22?. The predicted molar refractivity (Wildman–Crippen MR) is 125 cm³/mol. The van der Waals surface area contributed by atoms with Crippen LogP contribution >= 0.6 is 11.9 Å². The lowest BCUT2D eigenvalue weighted by molar-refractivity contribution is -0.120. The van der Waals surface area contributed by atoms with E-state index in [1.54, 1.807) is 31.6 Å². The Morgan fingerprint density at radius 1 is 1.16 bits per heavy atom. The number of benzene rings is 2. The van der Waals surface area contributed by atoms with Crippen LogP contribution in [-0.2, 0) is 4.79 Å². The van der Waals surface area contributed by atoms with Gasteiger partial charge in [0.2, 0.25) is 0 Å². The molecule has 0 fully saturated rings. The lowest BCUT2D eigenvalue weighted by Gasteiger charge is -2.26. The van der Waals surface area contributed by atoms with Crippen LogP contribution in [0.1, 0.15) is 19.4 Å². The Kier molecular flexibility index (Phi) is 7.53. The van der Waals surface area contributed by atoms with Gasteiger partial charge in [-0.05, 0) is 37.3 Å². The Hall–Kier alpha value is -3.33. The number of hydrogen-bond acceptors (Lipinski definition) is 6. The van der Waals surface area contributed by atoms with Crippen molar-refractivity contribution in [2.45, 2.75) is 13.8 Å². The molecule has 32 heavy (non-hydrogen) atoms. The highest BCUT2D eigenvalue weighted by atomic mass is 32.2. The van der Waals surface area contributed by atoms with Crippen molar-refractivity contribution in [1.29, 1.82) is 5.41 Å². The lowest BCUT2D eigenvalue weighted by Crippen LogP contribution is -2.35. The Bertz CT molecular complexity index is 1100. The molecule has 0 radical (unpaired) electrons. The molecule has 0 saturated heterocycles. The molecule has 1 heterocycles. The van der Waals surface area contributed by atoms with Crippen LogP contribution in [0.25, 0.3) is 5.57 Å². The molecule has 0 atom stereocenters. The monoisotopic (exact) mass is 458 g/mol. The molecule has 0 aliphatic carbocycles. The molecule has 1 aliphatic heterocycles. The van der Waals surface area contributed by atoms with Crippen LogP contribution in [0.2, 0.25) is 0 Å². The number of rotatable bonds is 8. The maximum Gasteiger partial charge on any atom is 0.276 e. The zero-order valence-electron chi connectivity index (χ0n) is 18.0. The van der Waals surface area contributed by atoms with Crippen molar-refractivity contribution in [3.8, 4) is 11.5 Å². The van der Waals surface area contributed by atoms with Crippen molar-refractivity contribution < 1.29 is 18.3 Å². The first-order valence-corrected chi connectivity index (χ1v) is 11.0. The van der Waals surface area contributed by atoms with Gasteiger partial charge in [-0.3, -0.25) is 10.2 Å². The first kappa shape index (κ1) is 23.3. The van der Waals surface area contributed by atoms with Crippen molar-refractivity contribution >= 4 is 34.8 Å². The van der Waals surface area contributed by atoms with Gasteiger partial charge >= 0.3 is 0 Å². The third-order valence-electron chi connectivity index (χ3n) is 4.58. The van der Waals surface area contributed by atoms with Crippen LogP contribution in [0.5, 0.6) is 11.5 Å². The zero-order chi connectivity index (χ0) is 23.3. The van der Waals surface area contributed by atoms with E-state index >= 15 is 0 Å². The second-order valence-corrected chi connectivity index (χ2v) is 7.94.